The number of nitrogens with one attached hydrogen (secondary N) is 1. The number of carbonyl (C=O) groups is 3. The van der Waals surface area contributed by atoms with E-state index in [0.717, 1.165) is 10.2 Å². The van der Waals surface area contributed by atoms with E-state index in [1.54, 1.807) is 4.90 Å². The summed E-state index contributed by atoms with van der Waals surface area (Å²) in [6.07, 6.45) is 2.02. The first kappa shape index (κ1) is 21.5. The highest BCUT2D eigenvalue weighted by Gasteiger charge is 2.27. The maximum Gasteiger partial charge on any atom is 0.333 e. The zero-order valence-corrected chi connectivity index (χ0v) is 17.6. The number of amides is 2. The first-order chi connectivity index (χ1) is 12.9. The number of anilines is 1. The molecule has 0 saturated carbocycles. The molecule has 0 spiro atoms. The lowest BCUT2D eigenvalue weighted by Gasteiger charge is -2.20. The Bertz CT molecular complexity index is 741. The molecule has 7 nitrogen and oxygen atoms in total. The van der Waals surface area contributed by atoms with Gasteiger partial charge in [-0.1, -0.05) is 23.9 Å². The SMILES string of the molecule is COC(=O)/C=C1/SCC(=O)N1CCCN(C)CC(=O)Nc1ccccc1Br. The van der Waals surface area contributed by atoms with Gasteiger partial charge in [0.1, 0.15) is 0 Å². The molecule has 0 unspecified atom stereocenters. The summed E-state index contributed by atoms with van der Waals surface area (Å²) in [5.74, 6) is -0.279. The van der Waals surface area contributed by atoms with Gasteiger partial charge in [0.05, 0.1) is 36.2 Å². The molecule has 9 heteroatoms. The van der Waals surface area contributed by atoms with Gasteiger partial charge in [-0.2, -0.15) is 0 Å². The minimum absolute atomic E-state index is 0.0236. The van der Waals surface area contributed by atoms with E-state index < -0.39 is 5.97 Å². The molecule has 1 aromatic rings. The van der Waals surface area contributed by atoms with Crippen LogP contribution < -0.4 is 5.32 Å². The molecule has 27 heavy (non-hydrogen) atoms. The van der Waals surface area contributed by atoms with Crippen molar-refractivity contribution in [2.24, 2.45) is 0 Å². The number of esters is 1. The quantitative estimate of drug-likeness (QED) is 0.478. The summed E-state index contributed by atoms with van der Waals surface area (Å²) in [6.45, 7) is 1.38. The van der Waals surface area contributed by atoms with Crippen LogP contribution in [0, 0.1) is 0 Å². The van der Waals surface area contributed by atoms with Crippen LogP contribution in [-0.4, -0.2) is 67.1 Å². The van der Waals surface area contributed by atoms with Crippen molar-refractivity contribution in [3.8, 4) is 0 Å². The number of para-hydroxylation sites is 1. The number of rotatable bonds is 8. The van der Waals surface area contributed by atoms with Gasteiger partial charge in [0.25, 0.3) is 0 Å². The number of likely N-dealkylation sites (N-methyl/N-ethyl adjacent to an activating group) is 1. The number of thioether (sulfide) groups is 1. The van der Waals surface area contributed by atoms with Crippen LogP contribution in [-0.2, 0) is 19.1 Å². The minimum atomic E-state index is -0.474. The van der Waals surface area contributed by atoms with E-state index in [1.165, 1.54) is 24.9 Å². The number of hydrogen-bond acceptors (Lipinski definition) is 6. The van der Waals surface area contributed by atoms with Crippen molar-refractivity contribution < 1.29 is 19.1 Å². The fourth-order valence-corrected chi connectivity index (χ4v) is 3.84. The van der Waals surface area contributed by atoms with Gasteiger partial charge in [-0.3, -0.25) is 14.5 Å². The van der Waals surface area contributed by atoms with Crippen LogP contribution in [0.1, 0.15) is 6.42 Å². The third-order valence-electron chi connectivity index (χ3n) is 3.84. The average Bonchev–Trinajstić information content (AvgIpc) is 2.96. The second-order valence-electron chi connectivity index (χ2n) is 5.96. The largest absolute Gasteiger partial charge is 0.466 e. The lowest BCUT2D eigenvalue weighted by molar-refractivity contribution is -0.135. The van der Waals surface area contributed by atoms with Crippen LogP contribution in [0.5, 0.6) is 0 Å². The minimum Gasteiger partial charge on any atom is -0.466 e. The normalized spacial score (nSPS) is 15.5. The van der Waals surface area contributed by atoms with Gasteiger partial charge >= 0.3 is 5.97 Å². The number of benzene rings is 1. The van der Waals surface area contributed by atoms with Crippen molar-refractivity contribution in [1.82, 2.24) is 9.80 Å². The molecule has 0 radical (unpaired) electrons. The van der Waals surface area contributed by atoms with E-state index in [0.29, 0.717) is 30.3 Å². The Morgan fingerprint density at radius 1 is 1.41 bits per heavy atom. The Labute approximate surface area is 171 Å². The molecule has 1 saturated heterocycles. The van der Waals surface area contributed by atoms with E-state index in [9.17, 15) is 14.4 Å². The molecule has 1 fully saturated rings. The first-order valence-electron chi connectivity index (χ1n) is 8.36. The molecule has 0 aliphatic carbocycles. The molecule has 0 atom stereocenters. The number of methoxy groups -OCH3 is 1. The monoisotopic (exact) mass is 455 g/mol. The highest BCUT2D eigenvalue weighted by molar-refractivity contribution is 9.10. The maximum absolute atomic E-state index is 12.2. The van der Waals surface area contributed by atoms with Crippen LogP contribution in [0.2, 0.25) is 0 Å². The topological polar surface area (TPSA) is 79.0 Å². The Kier molecular flexibility index (Phi) is 8.33. The highest BCUT2D eigenvalue weighted by atomic mass is 79.9. The van der Waals surface area contributed by atoms with Crippen LogP contribution >= 0.6 is 27.7 Å². The van der Waals surface area contributed by atoms with Crippen molar-refractivity contribution in [3.05, 3.63) is 39.8 Å². The van der Waals surface area contributed by atoms with Crippen molar-refractivity contribution >= 4 is 51.2 Å². The molecule has 146 valence electrons. The summed E-state index contributed by atoms with van der Waals surface area (Å²) in [5, 5.41) is 3.47. The lowest BCUT2D eigenvalue weighted by Crippen LogP contribution is -2.33. The number of halogens is 1. The smallest absolute Gasteiger partial charge is 0.333 e. The summed E-state index contributed by atoms with van der Waals surface area (Å²) >= 11 is 4.73. The molecular weight excluding hydrogens is 434 g/mol. The molecule has 1 N–H and O–H groups in total. The van der Waals surface area contributed by atoms with Crippen LogP contribution in [0.15, 0.2) is 39.8 Å². The van der Waals surface area contributed by atoms with Crippen LogP contribution in [0.3, 0.4) is 0 Å². The third kappa shape index (κ3) is 6.67. The first-order valence-corrected chi connectivity index (χ1v) is 10.1. The zero-order valence-electron chi connectivity index (χ0n) is 15.2. The van der Waals surface area contributed by atoms with Gasteiger partial charge in [0.15, 0.2) is 0 Å². The van der Waals surface area contributed by atoms with Gasteiger partial charge in [-0.15, -0.1) is 0 Å². The van der Waals surface area contributed by atoms with Crippen molar-refractivity contribution in [2.45, 2.75) is 6.42 Å². The van der Waals surface area contributed by atoms with Gasteiger partial charge in [0.2, 0.25) is 11.8 Å². The number of carbonyl (C=O) groups excluding carboxylic acids is 3. The van der Waals surface area contributed by atoms with Gasteiger partial charge in [0, 0.05) is 17.6 Å². The molecule has 1 heterocycles. The average molecular weight is 456 g/mol. The molecule has 0 bridgehead atoms. The van der Waals surface area contributed by atoms with Gasteiger partial charge in [-0.05, 0) is 41.5 Å². The third-order valence-corrected chi connectivity index (χ3v) is 5.55. The Morgan fingerprint density at radius 3 is 2.85 bits per heavy atom. The van der Waals surface area contributed by atoms with Crippen molar-refractivity contribution in [2.75, 3.05) is 44.9 Å². The van der Waals surface area contributed by atoms with Gasteiger partial charge < -0.3 is 15.0 Å². The highest BCUT2D eigenvalue weighted by Crippen LogP contribution is 2.28. The Hall–Kier alpha value is -1.84. The van der Waals surface area contributed by atoms with E-state index >= 15 is 0 Å². The van der Waals surface area contributed by atoms with Crippen molar-refractivity contribution in [1.29, 1.82) is 0 Å². The summed E-state index contributed by atoms with van der Waals surface area (Å²) in [5.41, 5.74) is 0.730. The Morgan fingerprint density at radius 2 is 2.15 bits per heavy atom. The van der Waals surface area contributed by atoms with Crippen molar-refractivity contribution in [3.63, 3.8) is 0 Å². The number of hydrogen-bond donors (Lipinski definition) is 1. The second-order valence-corrected chi connectivity index (χ2v) is 7.81. The van der Waals surface area contributed by atoms with E-state index in [4.69, 9.17) is 0 Å². The lowest BCUT2D eigenvalue weighted by atomic mass is 10.3. The molecule has 2 amide bonds. The molecule has 0 aromatic heterocycles. The number of nitrogens with zero attached hydrogens (tertiary/aromatic N) is 2. The summed E-state index contributed by atoms with van der Waals surface area (Å²) in [4.78, 5) is 39.0. The molecule has 1 aliphatic rings. The van der Waals surface area contributed by atoms with Crippen LogP contribution in [0.4, 0.5) is 5.69 Å². The summed E-state index contributed by atoms with van der Waals surface area (Å²) in [7, 11) is 3.16. The predicted octanol–water partition coefficient (Wildman–Crippen LogP) is 2.30. The van der Waals surface area contributed by atoms with Gasteiger partial charge in [-0.25, -0.2) is 4.79 Å². The summed E-state index contributed by atoms with van der Waals surface area (Å²) < 4.78 is 5.45. The summed E-state index contributed by atoms with van der Waals surface area (Å²) in [6, 6.07) is 7.43. The number of ether oxygens (including phenoxy) is 1. The van der Waals surface area contributed by atoms with E-state index in [-0.39, 0.29) is 18.4 Å². The zero-order chi connectivity index (χ0) is 19.8. The maximum atomic E-state index is 12.2. The molecule has 1 aliphatic heterocycles. The molecule has 1 aromatic carbocycles. The fourth-order valence-electron chi connectivity index (χ4n) is 2.50. The molecule has 2 rings (SSSR count). The predicted molar refractivity (Wildman–Crippen MR) is 109 cm³/mol. The molecular formula is C18H22BrN3O4S. The van der Waals surface area contributed by atoms with E-state index in [1.807, 2.05) is 36.2 Å². The fraction of sp³-hybridized carbons (Fsp3) is 0.389. The Balaban J connectivity index is 1.78. The standard InChI is InChI=1S/C18H22BrN3O4S/c1-21(11-15(23)20-14-7-4-3-6-13(14)19)8-5-9-22-16(24)12-27-17(22)10-18(25)26-2/h3-4,6-7,10H,5,8-9,11-12H2,1-2H3,(H,20,23)/b17-10+. The van der Waals surface area contributed by atoms with E-state index in [2.05, 4.69) is 26.0 Å². The van der Waals surface area contributed by atoms with Crippen LogP contribution in [0.25, 0.3) is 0 Å². The second kappa shape index (κ2) is 10.5.